The molecule has 0 saturated carbocycles. The van der Waals surface area contributed by atoms with Gasteiger partial charge in [-0.15, -0.1) is 0 Å². The Morgan fingerprint density at radius 3 is 2.62 bits per heavy atom. The summed E-state index contributed by atoms with van der Waals surface area (Å²) in [5, 5.41) is 1.55. The fourth-order valence-electron chi connectivity index (χ4n) is 2.74. The van der Waals surface area contributed by atoms with Crippen molar-refractivity contribution in [1.29, 1.82) is 0 Å². The third-order valence-corrected chi connectivity index (χ3v) is 4.38. The number of likely N-dealkylation sites (N-methyl/N-ethyl adjacent to an activating group) is 1. The molecule has 0 bridgehead atoms. The maximum atomic E-state index is 12.4. The van der Waals surface area contributed by atoms with Gasteiger partial charge in [-0.2, -0.15) is 0 Å². The Bertz CT molecular complexity index is 783. The molecule has 138 valence electrons. The molecule has 1 N–H and O–H groups in total. The van der Waals surface area contributed by atoms with Crippen LogP contribution in [0.1, 0.15) is 18.5 Å². The second-order valence-corrected chi connectivity index (χ2v) is 6.01. The van der Waals surface area contributed by atoms with Crippen molar-refractivity contribution in [3.05, 3.63) is 23.8 Å². The summed E-state index contributed by atoms with van der Waals surface area (Å²) in [7, 11) is 0. The van der Waals surface area contributed by atoms with Crippen molar-refractivity contribution in [3.63, 3.8) is 0 Å². The number of fused-ring (bicyclic) bond motifs is 1. The summed E-state index contributed by atoms with van der Waals surface area (Å²) in [5.74, 6) is -0.771. The summed E-state index contributed by atoms with van der Waals surface area (Å²) in [5.41, 5.74) is 0.369. The number of rotatable bonds is 4. The van der Waals surface area contributed by atoms with Crippen LogP contribution in [0.2, 0.25) is 0 Å². The first kappa shape index (κ1) is 18.0. The molecule has 1 atom stereocenters. The topological polar surface area (TPSA) is 105 Å². The Hall–Kier alpha value is -2.81. The van der Waals surface area contributed by atoms with Gasteiger partial charge in [-0.05, 0) is 36.2 Å². The van der Waals surface area contributed by atoms with Crippen molar-refractivity contribution in [2.45, 2.75) is 13.0 Å². The molecule has 10 heteroatoms. The summed E-state index contributed by atoms with van der Waals surface area (Å²) in [4.78, 5) is 50.4. The molecule has 2 heterocycles. The van der Waals surface area contributed by atoms with Crippen LogP contribution in [0.4, 0.5) is 4.79 Å². The minimum atomic E-state index is -1.20. The Labute approximate surface area is 153 Å². The average molecular weight is 382 g/mol. The van der Waals surface area contributed by atoms with Crippen LogP contribution in [-0.2, 0) is 14.4 Å². The Kier molecular flexibility index (Phi) is 4.99. The van der Waals surface area contributed by atoms with Crippen molar-refractivity contribution in [2.75, 3.05) is 26.4 Å². The highest BCUT2D eigenvalue weighted by Gasteiger charge is 2.37. The molecule has 2 aliphatic heterocycles. The average Bonchev–Trinajstić information content (AvgIpc) is 3.09. The zero-order chi connectivity index (χ0) is 18.8. The number of carbonyl (C=O) groups is 4. The first-order valence-corrected chi connectivity index (χ1v) is 8.30. The van der Waals surface area contributed by atoms with E-state index in [4.69, 9.17) is 21.1 Å². The highest BCUT2D eigenvalue weighted by Crippen LogP contribution is 2.34. The van der Waals surface area contributed by atoms with Gasteiger partial charge in [0, 0.05) is 19.6 Å². The van der Waals surface area contributed by atoms with Gasteiger partial charge in [0.05, 0.1) is 0 Å². The predicted molar refractivity (Wildman–Crippen MR) is 88.7 cm³/mol. The predicted octanol–water partition coefficient (Wildman–Crippen LogP) is 0.622. The molecule has 3 rings (SSSR count). The van der Waals surface area contributed by atoms with E-state index < -0.39 is 29.1 Å². The summed E-state index contributed by atoms with van der Waals surface area (Å²) in [6, 6.07) is 2.60. The molecule has 0 aliphatic carbocycles. The smallest absolute Gasteiger partial charge is 0.325 e. The standard InChI is InChI=1S/C16H16ClN3O6/c1-2-19-5-6-20(15(23)14(19)22)16(24)18-12(13(17)21)9-3-4-10-11(7-9)26-8-25-10/h3-4,7,12H,2,5-6,8H2,1H3,(H,18,24). The van der Waals surface area contributed by atoms with Crippen LogP contribution >= 0.6 is 11.6 Å². The quantitative estimate of drug-likeness (QED) is 0.605. The molecular weight excluding hydrogens is 366 g/mol. The van der Waals surface area contributed by atoms with E-state index in [9.17, 15) is 19.2 Å². The zero-order valence-corrected chi connectivity index (χ0v) is 14.6. The van der Waals surface area contributed by atoms with Crippen LogP contribution in [0, 0.1) is 0 Å². The third kappa shape index (κ3) is 3.30. The first-order valence-electron chi connectivity index (χ1n) is 7.92. The second kappa shape index (κ2) is 7.20. The lowest BCUT2D eigenvalue weighted by Gasteiger charge is -2.32. The van der Waals surface area contributed by atoms with Crippen LogP contribution in [0.25, 0.3) is 0 Å². The van der Waals surface area contributed by atoms with Crippen LogP contribution in [0.5, 0.6) is 11.5 Å². The number of carbonyl (C=O) groups excluding carboxylic acids is 4. The lowest BCUT2D eigenvalue weighted by Crippen LogP contribution is -2.58. The summed E-state index contributed by atoms with van der Waals surface area (Å²) >= 11 is 5.62. The minimum Gasteiger partial charge on any atom is -0.454 e. The van der Waals surface area contributed by atoms with Gasteiger partial charge in [-0.1, -0.05) is 6.07 Å². The first-order chi connectivity index (χ1) is 12.4. The lowest BCUT2D eigenvalue weighted by atomic mass is 10.1. The molecule has 9 nitrogen and oxygen atoms in total. The highest BCUT2D eigenvalue weighted by molar-refractivity contribution is 6.64. The number of hydrogen-bond donors (Lipinski definition) is 1. The zero-order valence-electron chi connectivity index (χ0n) is 13.9. The van der Waals surface area contributed by atoms with Gasteiger partial charge < -0.3 is 19.7 Å². The molecule has 2 aliphatic rings. The number of nitrogens with zero attached hydrogens (tertiary/aromatic N) is 2. The lowest BCUT2D eigenvalue weighted by molar-refractivity contribution is -0.153. The van der Waals surface area contributed by atoms with Gasteiger partial charge >= 0.3 is 17.8 Å². The SMILES string of the molecule is CCN1CCN(C(=O)NC(C(=O)Cl)c2ccc3c(c2)OCO3)C(=O)C1=O. The number of amides is 4. The van der Waals surface area contributed by atoms with Gasteiger partial charge in [-0.25, -0.2) is 4.79 Å². The van der Waals surface area contributed by atoms with E-state index in [0.717, 1.165) is 4.90 Å². The monoisotopic (exact) mass is 381 g/mol. The number of nitrogens with one attached hydrogen (secondary N) is 1. The van der Waals surface area contributed by atoms with E-state index >= 15 is 0 Å². The second-order valence-electron chi connectivity index (χ2n) is 5.64. The molecule has 4 amide bonds. The van der Waals surface area contributed by atoms with Crippen molar-refractivity contribution in [1.82, 2.24) is 15.1 Å². The van der Waals surface area contributed by atoms with Crippen molar-refractivity contribution in [3.8, 4) is 11.5 Å². The van der Waals surface area contributed by atoms with E-state index in [1.807, 2.05) is 0 Å². The van der Waals surface area contributed by atoms with Gasteiger partial charge in [0.2, 0.25) is 12.0 Å². The highest BCUT2D eigenvalue weighted by atomic mass is 35.5. The number of benzene rings is 1. The maximum Gasteiger partial charge on any atom is 0.325 e. The molecule has 1 aromatic rings. The Morgan fingerprint density at radius 1 is 1.19 bits per heavy atom. The van der Waals surface area contributed by atoms with E-state index in [2.05, 4.69) is 5.32 Å². The van der Waals surface area contributed by atoms with E-state index in [0.29, 0.717) is 23.6 Å². The molecule has 1 unspecified atom stereocenters. The number of urea groups is 1. The summed E-state index contributed by atoms with van der Waals surface area (Å²) in [6.45, 7) is 2.44. The molecule has 1 aromatic carbocycles. The van der Waals surface area contributed by atoms with Gasteiger partial charge in [-0.3, -0.25) is 19.3 Å². The number of imide groups is 1. The molecule has 1 saturated heterocycles. The van der Waals surface area contributed by atoms with Gasteiger partial charge in [0.1, 0.15) is 6.04 Å². The molecule has 1 fully saturated rings. The van der Waals surface area contributed by atoms with E-state index in [-0.39, 0.29) is 19.9 Å². The van der Waals surface area contributed by atoms with Crippen LogP contribution in [0.3, 0.4) is 0 Å². The van der Waals surface area contributed by atoms with Crippen LogP contribution in [-0.4, -0.2) is 59.3 Å². The molecule has 0 aromatic heterocycles. The maximum absolute atomic E-state index is 12.4. The minimum absolute atomic E-state index is 0.0363. The number of ether oxygens (including phenoxy) is 2. The molecule has 26 heavy (non-hydrogen) atoms. The summed E-state index contributed by atoms with van der Waals surface area (Å²) in [6.07, 6.45) is 0. The number of piperazine rings is 1. The van der Waals surface area contributed by atoms with Crippen LogP contribution in [0.15, 0.2) is 18.2 Å². The van der Waals surface area contributed by atoms with Gasteiger partial charge in [0.15, 0.2) is 11.5 Å². The van der Waals surface area contributed by atoms with Crippen molar-refractivity contribution in [2.24, 2.45) is 0 Å². The van der Waals surface area contributed by atoms with E-state index in [1.165, 1.54) is 11.0 Å². The molecule has 0 spiro atoms. The van der Waals surface area contributed by atoms with Crippen LogP contribution < -0.4 is 14.8 Å². The fraction of sp³-hybridized carbons (Fsp3) is 0.375. The fourth-order valence-corrected chi connectivity index (χ4v) is 2.92. The third-order valence-electron chi connectivity index (χ3n) is 4.16. The van der Waals surface area contributed by atoms with Crippen molar-refractivity contribution < 1.29 is 28.7 Å². The number of halogens is 1. The van der Waals surface area contributed by atoms with Gasteiger partial charge in [0.25, 0.3) is 0 Å². The normalized spacial score (nSPS) is 17.3. The largest absolute Gasteiger partial charge is 0.454 e. The Morgan fingerprint density at radius 2 is 1.92 bits per heavy atom. The molecular formula is C16H16ClN3O6. The van der Waals surface area contributed by atoms with Crippen molar-refractivity contribution >= 4 is 34.7 Å². The number of hydrogen-bond acceptors (Lipinski definition) is 6. The van der Waals surface area contributed by atoms with E-state index in [1.54, 1.807) is 19.1 Å². The summed E-state index contributed by atoms with van der Waals surface area (Å²) < 4.78 is 10.4. The molecule has 0 radical (unpaired) electrons. The Balaban J connectivity index is 1.76.